The average Bonchev–Trinajstić information content (AvgIpc) is 2.38. The van der Waals surface area contributed by atoms with E-state index in [1.807, 2.05) is 0 Å². The predicted octanol–water partition coefficient (Wildman–Crippen LogP) is 0.314. The Morgan fingerprint density at radius 3 is 2.94 bits per heavy atom. The van der Waals surface area contributed by atoms with Gasteiger partial charge in [0.2, 0.25) is 0 Å². The summed E-state index contributed by atoms with van der Waals surface area (Å²) in [6, 6.07) is 6.82. The molecule has 17 heavy (non-hydrogen) atoms. The molecule has 1 aromatic carbocycles. The molecular formula is C12H17BO4. The second-order valence-corrected chi connectivity index (χ2v) is 4.25. The zero-order valence-electron chi connectivity index (χ0n) is 9.71. The highest BCUT2D eigenvalue weighted by Crippen LogP contribution is 2.15. The van der Waals surface area contributed by atoms with Crippen LogP contribution in [0.2, 0.25) is 0 Å². The monoisotopic (exact) mass is 236 g/mol. The minimum absolute atomic E-state index is 0.159. The maximum absolute atomic E-state index is 9.04. The lowest BCUT2D eigenvalue weighted by atomic mass is 9.80. The summed E-state index contributed by atoms with van der Waals surface area (Å²) in [5, 5.41) is 18.1. The highest BCUT2D eigenvalue weighted by molar-refractivity contribution is 6.58. The van der Waals surface area contributed by atoms with Crippen LogP contribution in [0.25, 0.3) is 0 Å². The van der Waals surface area contributed by atoms with E-state index in [9.17, 15) is 0 Å². The van der Waals surface area contributed by atoms with Crippen molar-refractivity contribution >= 4 is 12.6 Å². The second-order valence-electron chi connectivity index (χ2n) is 4.25. The van der Waals surface area contributed by atoms with Crippen LogP contribution >= 0.6 is 0 Å². The SMILES string of the molecule is OB(O)c1cccc(OC[C@H]2CCCCO2)c1. The molecule has 1 fully saturated rings. The smallest absolute Gasteiger partial charge is 0.488 e. The molecule has 2 rings (SSSR count). The predicted molar refractivity (Wildman–Crippen MR) is 65.4 cm³/mol. The molecule has 1 aliphatic rings. The number of hydrogen-bond donors (Lipinski definition) is 2. The van der Waals surface area contributed by atoms with Crippen LogP contribution < -0.4 is 10.2 Å². The van der Waals surface area contributed by atoms with E-state index in [4.69, 9.17) is 19.5 Å². The van der Waals surface area contributed by atoms with Crippen LogP contribution in [0.1, 0.15) is 19.3 Å². The molecule has 0 saturated carbocycles. The molecule has 2 N–H and O–H groups in total. The fraction of sp³-hybridized carbons (Fsp3) is 0.500. The van der Waals surface area contributed by atoms with Crippen LogP contribution in [-0.4, -0.2) is 36.5 Å². The first-order valence-electron chi connectivity index (χ1n) is 5.96. The van der Waals surface area contributed by atoms with Crippen molar-refractivity contribution in [2.45, 2.75) is 25.4 Å². The third-order valence-electron chi connectivity index (χ3n) is 2.87. The van der Waals surface area contributed by atoms with Gasteiger partial charge < -0.3 is 19.5 Å². The molecule has 0 amide bonds. The van der Waals surface area contributed by atoms with Gasteiger partial charge in [0, 0.05) is 6.61 Å². The fourth-order valence-corrected chi connectivity index (χ4v) is 1.89. The van der Waals surface area contributed by atoms with Gasteiger partial charge in [-0.1, -0.05) is 12.1 Å². The maximum atomic E-state index is 9.04. The highest BCUT2D eigenvalue weighted by atomic mass is 16.5. The van der Waals surface area contributed by atoms with Crippen LogP contribution in [0.5, 0.6) is 5.75 Å². The Morgan fingerprint density at radius 1 is 1.35 bits per heavy atom. The number of ether oxygens (including phenoxy) is 2. The first kappa shape index (κ1) is 12.4. The Labute approximate surface area is 101 Å². The van der Waals surface area contributed by atoms with Gasteiger partial charge in [-0.25, -0.2) is 0 Å². The van der Waals surface area contributed by atoms with Crippen molar-refractivity contribution in [3.05, 3.63) is 24.3 Å². The normalized spacial score (nSPS) is 20.0. The molecule has 0 bridgehead atoms. The van der Waals surface area contributed by atoms with E-state index >= 15 is 0 Å². The van der Waals surface area contributed by atoms with E-state index in [0.717, 1.165) is 19.4 Å². The van der Waals surface area contributed by atoms with Crippen molar-refractivity contribution in [3.8, 4) is 5.75 Å². The first-order chi connectivity index (χ1) is 8.25. The van der Waals surface area contributed by atoms with E-state index in [2.05, 4.69) is 0 Å². The first-order valence-corrected chi connectivity index (χ1v) is 5.96. The van der Waals surface area contributed by atoms with Crippen molar-refractivity contribution in [3.63, 3.8) is 0 Å². The molecule has 1 atom stereocenters. The second kappa shape index (κ2) is 6.05. The molecule has 5 heteroatoms. The van der Waals surface area contributed by atoms with Gasteiger partial charge in [0.15, 0.2) is 0 Å². The van der Waals surface area contributed by atoms with E-state index in [1.165, 1.54) is 6.42 Å². The summed E-state index contributed by atoms with van der Waals surface area (Å²) < 4.78 is 11.1. The molecule has 0 spiro atoms. The zero-order valence-corrected chi connectivity index (χ0v) is 9.71. The zero-order chi connectivity index (χ0) is 12.1. The summed E-state index contributed by atoms with van der Waals surface area (Å²) in [5.41, 5.74) is 0.437. The van der Waals surface area contributed by atoms with Crippen LogP contribution in [0.15, 0.2) is 24.3 Å². The molecule has 0 radical (unpaired) electrons. The summed E-state index contributed by atoms with van der Waals surface area (Å²) in [6.07, 6.45) is 3.50. The largest absolute Gasteiger partial charge is 0.491 e. The minimum atomic E-state index is -1.45. The molecule has 1 aliphatic heterocycles. The Kier molecular flexibility index (Phi) is 4.42. The molecule has 0 aromatic heterocycles. The van der Waals surface area contributed by atoms with Gasteiger partial charge in [0.05, 0.1) is 6.10 Å². The average molecular weight is 236 g/mol. The molecule has 1 heterocycles. The van der Waals surface area contributed by atoms with E-state index in [-0.39, 0.29) is 6.10 Å². The van der Waals surface area contributed by atoms with Crippen molar-refractivity contribution in [2.75, 3.05) is 13.2 Å². The molecular weight excluding hydrogens is 219 g/mol. The number of hydrogen-bond acceptors (Lipinski definition) is 4. The quantitative estimate of drug-likeness (QED) is 0.739. The third-order valence-corrected chi connectivity index (χ3v) is 2.87. The number of benzene rings is 1. The van der Waals surface area contributed by atoms with Crippen molar-refractivity contribution < 1.29 is 19.5 Å². The summed E-state index contributed by atoms with van der Waals surface area (Å²) in [4.78, 5) is 0. The standard InChI is InChI=1S/C12H17BO4/c14-13(15)10-4-3-6-11(8-10)17-9-12-5-1-2-7-16-12/h3-4,6,8,12,14-15H,1-2,5,7,9H2/t12-/m1/s1. The summed E-state index contributed by atoms with van der Waals surface area (Å²) in [6.45, 7) is 1.33. The van der Waals surface area contributed by atoms with Gasteiger partial charge in [-0.15, -0.1) is 0 Å². The Hall–Kier alpha value is -1.04. The van der Waals surface area contributed by atoms with Gasteiger partial charge in [-0.2, -0.15) is 0 Å². The lowest BCUT2D eigenvalue weighted by Gasteiger charge is -2.22. The van der Waals surface area contributed by atoms with Gasteiger partial charge in [0.25, 0.3) is 0 Å². The molecule has 1 aromatic rings. The summed E-state index contributed by atoms with van der Waals surface area (Å²) in [7, 11) is -1.45. The van der Waals surface area contributed by atoms with Gasteiger partial charge in [-0.3, -0.25) is 0 Å². The van der Waals surface area contributed by atoms with Gasteiger partial charge in [0.1, 0.15) is 12.4 Å². The minimum Gasteiger partial charge on any atom is -0.491 e. The molecule has 4 nitrogen and oxygen atoms in total. The number of rotatable bonds is 4. The lowest BCUT2D eigenvalue weighted by Crippen LogP contribution is -2.30. The molecule has 0 aliphatic carbocycles. The van der Waals surface area contributed by atoms with Crippen LogP contribution in [0, 0.1) is 0 Å². The van der Waals surface area contributed by atoms with Crippen LogP contribution in [-0.2, 0) is 4.74 Å². The van der Waals surface area contributed by atoms with Crippen LogP contribution in [0.3, 0.4) is 0 Å². The molecule has 92 valence electrons. The Morgan fingerprint density at radius 2 is 2.24 bits per heavy atom. The van der Waals surface area contributed by atoms with Crippen LogP contribution in [0.4, 0.5) is 0 Å². The fourth-order valence-electron chi connectivity index (χ4n) is 1.89. The Bertz CT molecular complexity index is 350. The van der Waals surface area contributed by atoms with Gasteiger partial charge in [-0.05, 0) is 36.9 Å². The van der Waals surface area contributed by atoms with E-state index < -0.39 is 7.12 Å². The van der Waals surface area contributed by atoms with Crippen molar-refractivity contribution in [1.82, 2.24) is 0 Å². The Balaban J connectivity index is 1.87. The summed E-state index contributed by atoms with van der Waals surface area (Å²) in [5.74, 6) is 0.643. The van der Waals surface area contributed by atoms with Crippen molar-refractivity contribution in [2.24, 2.45) is 0 Å². The van der Waals surface area contributed by atoms with Gasteiger partial charge >= 0.3 is 7.12 Å². The highest BCUT2D eigenvalue weighted by Gasteiger charge is 2.15. The third kappa shape index (κ3) is 3.73. The molecule has 0 unspecified atom stereocenters. The summed E-state index contributed by atoms with van der Waals surface area (Å²) >= 11 is 0. The molecule has 1 saturated heterocycles. The van der Waals surface area contributed by atoms with Crippen molar-refractivity contribution in [1.29, 1.82) is 0 Å². The lowest BCUT2D eigenvalue weighted by molar-refractivity contribution is -0.0110. The van der Waals surface area contributed by atoms with E-state index in [0.29, 0.717) is 17.8 Å². The maximum Gasteiger partial charge on any atom is 0.488 e. The topological polar surface area (TPSA) is 58.9 Å². The van der Waals surface area contributed by atoms with E-state index in [1.54, 1.807) is 24.3 Å².